The summed E-state index contributed by atoms with van der Waals surface area (Å²) in [5, 5.41) is 0. The zero-order valence-electron chi connectivity index (χ0n) is 11.3. The van der Waals surface area contributed by atoms with E-state index in [0.717, 1.165) is 23.6 Å². The van der Waals surface area contributed by atoms with Gasteiger partial charge in [-0.05, 0) is 43.0 Å². The lowest BCUT2D eigenvalue weighted by Crippen LogP contribution is -2.11. The van der Waals surface area contributed by atoms with Gasteiger partial charge in [-0.15, -0.1) is 0 Å². The molecule has 0 saturated carbocycles. The van der Waals surface area contributed by atoms with Gasteiger partial charge >= 0.3 is 0 Å². The van der Waals surface area contributed by atoms with Crippen molar-refractivity contribution in [2.24, 2.45) is 5.92 Å². The molecule has 1 aromatic rings. The molecule has 0 radical (unpaired) electrons. The molecule has 1 aromatic carbocycles. The van der Waals surface area contributed by atoms with Crippen LogP contribution in [-0.4, -0.2) is 6.61 Å². The van der Waals surface area contributed by atoms with Gasteiger partial charge in [-0.2, -0.15) is 0 Å². The van der Waals surface area contributed by atoms with Crippen LogP contribution in [0, 0.1) is 12.8 Å². The van der Waals surface area contributed by atoms with Crippen LogP contribution in [0.4, 0.5) is 5.69 Å². The summed E-state index contributed by atoms with van der Waals surface area (Å²) in [7, 11) is 0. The Kier molecular flexibility index (Phi) is 5.88. The fourth-order valence-electron chi connectivity index (χ4n) is 1.94. The minimum absolute atomic E-state index is 0.673. The van der Waals surface area contributed by atoms with E-state index in [-0.39, 0.29) is 0 Å². The molecule has 0 bridgehead atoms. The van der Waals surface area contributed by atoms with Gasteiger partial charge in [0.1, 0.15) is 5.75 Å². The van der Waals surface area contributed by atoms with Crippen molar-refractivity contribution in [1.29, 1.82) is 0 Å². The van der Waals surface area contributed by atoms with E-state index in [1.165, 1.54) is 25.7 Å². The van der Waals surface area contributed by atoms with Gasteiger partial charge in [0.25, 0.3) is 0 Å². The molecule has 0 saturated heterocycles. The second kappa shape index (κ2) is 7.21. The average Bonchev–Trinajstić information content (AvgIpc) is 2.31. The summed E-state index contributed by atoms with van der Waals surface area (Å²) in [4.78, 5) is 0. The topological polar surface area (TPSA) is 35.2 Å². The highest BCUT2D eigenvalue weighted by atomic mass is 16.5. The Morgan fingerprint density at radius 3 is 2.65 bits per heavy atom. The van der Waals surface area contributed by atoms with E-state index < -0.39 is 0 Å². The lowest BCUT2D eigenvalue weighted by molar-refractivity contribution is 0.232. The molecule has 1 rings (SSSR count). The Balaban J connectivity index is 2.47. The Morgan fingerprint density at radius 1 is 1.29 bits per heavy atom. The first-order valence-electron chi connectivity index (χ1n) is 6.66. The summed E-state index contributed by atoms with van der Waals surface area (Å²) in [6, 6.07) is 5.83. The summed E-state index contributed by atoms with van der Waals surface area (Å²) in [5.74, 6) is 1.64. The maximum Gasteiger partial charge on any atom is 0.122 e. The minimum Gasteiger partial charge on any atom is -0.493 e. The molecule has 96 valence electrons. The standard InChI is InChI=1S/C15H25NO/c1-4-6-7-13(5-2)11-17-15-9-8-14(16)10-12(15)3/h8-10,13H,4-7,11,16H2,1-3H3. The highest BCUT2D eigenvalue weighted by molar-refractivity contribution is 5.47. The van der Waals surface area contributed by atoms with Crippen molar-refractivity contribution in [3.8, 4) is 5.75 Å². The highest BCUT2D eigenvalue weighted by Crippen LogP contribution is 2.22. The van der Waals surface area contributed by atoms with E-state index in [9.17, 15) is 0 Å². The average molecular weight is 235 g/mol. The third-order valence-corrected chi connectivity index (χ3v) is 3.22. The van der Waals surface area contributed by atoms with Gasteiger partial charge in [0.15, 0.2) is 0 Å². The maximum absolute atomic E-state index is 5.89. The molecule has 0 heterocycles. The van der Waals surface area contributed by atoms with E-state index in [0.29, 0.717) is 5.92 Å². The molecular weight excluding hydrogens is 210 g/mol. The molecule has 0 aliphatic carbocycles. The summed E-state index contributed by atoms with van der Waals surface area (Å²) in [5.41, 5.74) is 7.64. The van der Waals surface area contributed by atoms with Crippen LogP contribution >= 0.6 is 0 Å². The van der Waals surface area contributed by atoms with Gasteiger partial charge in [-0.3, -0.25) is 0 Å². The second-order valence-electron chi connectivity index (χ2n) is 4.75. The second-order valence-corrected chi connectivity index (χ2v) is 4.75. The Labute approximate surface area is 105 Å². The number of anilines is 1. The SMILES string of the molecule is CCCCC(CC)COc1ccc(N)cc1C. The van der Waals surface area contributed by atoms with Crippen molar-refractivity contribution in [3.63, 3.8) is 0 Å². The first kappa shape index (κ1) is 13.9. The van der Waals surface area contributed by atoms with Crippen molar-refractivity contribution in [3.05, 3.63) is 23.8 Å². The molecule has 2 heteroatoms. The molecule has 17 heavy (non-hydrogen) atoms. The molecule has 0 spiro atoms. The van der Waals surface area contributed by atoms with Gasteiger partial charge < -0.3 is 10.5 Å². The third kappa shape index (κ3) is 4.68. The number of rotatable bonds is 7. The molecular formula is C15H25NO. The molecule has 1 unspecified atom stereocenters. The number of nitrogens with two attached hydrogens (primary N) is 1. The van der Waals surface area contributed by atoms with E-state index in [1.807, 2.05) is 25.1 Å². The van der Waals surface area contributed by atoms with Crippen molar-refractivity contribution >= 4 is 5.69 Å². The molecule has 1 atom stereocenters. The van der Waals surface area contributed by atoms with Crippen LogP contribution in [-0.2, 0) is 0 Å². The monoisotopic (exact) mass is 235 g/mol. The summed E-state index contributed by atoms with van der Waals surface area (Å²) in [6.07, 6.45) is 5.01. The van der Waals surface area contributed by atoms with Crippen LogP contribution in [0.25, 0.3) is 0 Å². The molecule has 0 aliphatic rings. The number of aryl methyl sites for hydroxylation is 1. The number of nitrogen functional groups attached to an aromatic ring is 1. The quantitative estimate of drug-likeness (QED) is 0.720. The number of benzene rings is 1. The zero-order valence-corrected chi connectivity index (χ0v) is 11.3. The predicted molar refractivity (Wildman–Crippen MR) is 74.4 cm³/mol. The molecule has 0 aromatic heterocycles. The van der Waals surface area contributed by atoms with Crippen LogP contribution < -0.4 is 10.5 Å². The molecule has 0 amide bonds. The van der Waals surface area contributed by atoms with Crippen LogP contribution in [0.2, 0.25) is 0 Å². The Hall–Kier alpha value is -1.18. The molecule has 0 fully saturated rings. The van der Waals surface area contributed by atoms with E-state index in [1.54, 1.807) is 0 Å². The van der Waals surface area contributed by atoms with Gasteiger partial charge in [0.05, 0.1) is 6.61 Å². The number of hydrogen-bond acceptors (Lipinski definition) is 2. The zero-order chi connectivity index (χ0) is 12.7. The van der Waals surface area contributed by atoms with E-state index in [4.69, 9.17) is 10.5 Å². The number of unbranched alkanes of at least 4 members (excludes halogenated alkanes) is 1. The maximum atomic E-state index is 5.89. The summed E-state index contributed by atoms with van der Waals surface area (Å²) >= 11 is 0. The van der Waals surface area contributed by atoms with Gasteiger partial charge in [0.2, 0.25) is 0 Å². The summed E-state index contributed by atoms with van der Waals surface area (Å²) < 4.78 is 5.89. The van der Waals surface area contributed by atoms with E-state index in [2.05, 4.69) is 13.8 Å². The Morgan fingerprint density at radius 2 is 2.06 bits per heavy atom. The lowest BCUT2D eigenvalue weighted by Gasteiger charge is -2.16. The first-order chi connectivity index (χ1) is 8.17. The fourth-order valence-corrected chi connectivity index (χ4v) is 1.94. The largest absolute Gasteiger partial charge is 0.493 e. The number of ether oxygens (including phenoxy) is 1. The van der Waals surface area contributed by atoms with Gasteiger partial charge in [-0.25, -0.2) is 0 Å². The van der Waals surface area contributed by atoms with Crippen molar-refractivity contribution in [1.82, 2.24) is 0 Å². The van der Waals surface area contributed by atoms with Gasteiger partial charge in [0, 0.05) is 5.69 Å². The normalized spacial score (nSPS) is 12.4. The van der Waals surface area contributed by atoms with Crippen molar-refractivity contribution in [2.45, 2.75) is 46.5 Å². The third-order valence-electron chi connectivity index (χ3n) is 3.22. The lowest BCUT2D eigenvalue weighted by atomic mass is 10.0. The van der Waals surface area contributed by atoms with Crippen LogP contribution in [0.5, 0.6) is 5.75 Å². The molecule has 2 nitrogen and oxygen atoms in total. The fraction of sp³-hybridized carbons (Fsp3) is 0.600. The Bertz CT molecular complexity index is 336. The first-order valence-corrected chi connectivity index (χ1v) is 6.66. The van der Waals surface area contributed by atoms with Crippen LogP contribution in [0.1, 0.15) is 45.1 Å². The van der Waals surface area contributed by atoms with Crippen molar-refractivity contribution in [2.75, 3.05) is 12.3 Å². The minimum atomic E-state index is 0.673. The van der Waals surface area contributed by atoms with Gasteiger partial charge in [-0.1, -0.05) is 33.1 Å². The molecule has 0 aliphatic heterocycles. The van der Waals surface area contributed by atoms with Crippen LogP contribution in [0.15, 0.2) is 18.2 Å². The highest BCUT2D eigenvalue weighted by Gasteiger charge is 2.08. The van der Waals surface area contributed by atoms with Crippen LogP contribution in [0.3, 0.4) is 0 Å². The van der Waals surface area contributed by atoms with Crippen molar-refractivity contribution < 1.29 is 4.74 Å². The summed E-state index contributed by atoms with van der Waals surface area (Å²) in [6.45, 7) is 7.33. The molecule has 2 N–H and O–H groups in total. The number of hydrogen-bond donors (Lipinski definition) is 1. The predicted octanol–water partition coefficient (Wildman–Crippen LogP) is 4.17. The smallest absolute Gasteiger partial charge is 0.122 e. The van der Waals surface area contributed by atoms with E-state index >= 15 is 0 Å².